The van der Waals surface area contributed by atoms with Gasteiger partial charge in [-0.3, -0.25) is 0 Å². The van der Waals surface area contributed by atoms with Gasteiger partial charge in [0.05, 0.1) is 6.54 Å². The highest BCUT2D eigenvalue weighted by atomic mass is 35.5. The molecule has 0 saturated carbocycles. The number of nitrogens with one attached hydrogen (secondary N) is 2. The number of methoxy groups -OCH3 is 1. The number of amides is 2. The molecule has 0 aliphatic heterocycles. The van der Waals surface area contributed by atoms with Crippen LogP contribution in [0, 0.1) is 0 Å². The molecule has 122 valence electrons. The summed E-state index contributed by atoms with van der Waals surface area (Å²) in [6.07, 6.45) is 0.741. The molecule has 2 rings (SSSR count). The summed E-state index contributed by atoms with van der Waals surface area (Å²) >= 11 is 5.91. The number of carbonyl (C=O) groups excluding carboxylic acids is 1. The minimum absolute atomic E-state index is 0.293. The molecule has 5 heteroatoms. The first-order valence-corrected chi connectivity index (χ1v) is 7.88. The number of benzene rings is 2. The van der Waals surface area contributed by atoms with E-state index in [0.29, 0.717) is 17.3 Å². The van der Waals surface area contributed by atoms with E-state index in [1.165, 1.54) is 0 Å². The van der Waals surface area contributed by atoms with Gasteiger partial charge in [0, 0.05) is 17.8 Å². The molecular weight excluding hydrogens is 312 g/mol. The van der Waals surface area contributed by atoms with E-state index in [1.54, 1.807) is 31.4 Å². The molecule has 23 heavy (non-hydrogen) atoms. The van der Waals surface area contributed by atoms with Crippen molar-refractivity contribution >= 4 is 23.3 Å². The zero-order valence-electron chi connectivity index (χ0n) is 13.3. The van der Waals surface area contributed by atoms with Gasteiger partial charge in [0.2, 0.25) is 0 Å². The first-order chi connectivity index (χ1) is 11.1. The maximum absolute atomic E-state index is 12.1. The highest BCUT2D eigenvalue weighted by Crippen LogP contribution is 2.28. The Morgan fingerprint density at radius 3 is 2.52 bits per heavy atom. The lowest BCUT2D eigenvalue weighted by molar-refractivity contribution is -0.0149. The lowest BCUT2D eigenvalue weighted by Gasteiger charge is -2.32. The van der Waals surface area contributed by atoms with E-state index in [0.717, 1.165) is 12.0 Å². The van der Waals surface area contributed by atoms with Crippen LogP contribution < -0.4 is 10.6 Å². The summed E-state index contributed by atoms with van der Waals surface area (Å²) in [5.74, 6) is 0. The molecule has 1 atom stereocenters. The molecular formula is C18H21ClN2O2. The van der Waals surface area contributed by atoms with Gasteiger partial charge in [-0.2, -0.15) is 0 Å². The molecule has 0 radical (unpaired) electrons. The number of carbonyl (C=O) groups is 1. The molecule has 0 bridgehead atoms. The maximum Gasteiger partial charge on any atom is 0.319 e. The topological polar surface area (TPSA) is 50.4 Å². The first kappa shape index (κ1) is 17.3. The van der Waals surface area contributed by atoms with E-state index >= 15 is 0 Å². The Kier molecular flexibility index (Phi) is 6.02. The quantitative estimate of drug-likeness (QED) is 0.823. The molecule has 0 fully saturated rings. The number of ether oxygens (including phenoxy) is 1. The summed E-state index contributed by atoms with van der Waals surface area (Å²) in [4.78, 5) is 12.1. The van der Waals surface area contributed by atoms with Crippen LogP contribution in [0.2, 0.25) is 5.02 Å². The van der Waals surface area contributed by atoms with Crippen molar-refractivity contribution < 1.29 is 9.53 Å². The zero-order chi connectivity index (χ0) is 16.7. The second-order valence-corrected chi connectivity index (χ2v) is 5.67. The third-order valence-corrected chi connectivity index (χ3v) is 4.11. The molecule has 0 aliphatic rings. The fourth-order valence-electron chi connectivity index (χ4n) is 2.47. The Hall–Kier alpha value is -2.04. The van der Waals surface area contributed by atoms with Gasteiger partial charge >= 0.3 is 6.03 Å². The Morgan fingerprint density at radius 1 is 1.17 bits per heavy atom. The Balaban J connectivity index is 2.03. The molecule has 0 spiro atoms. The van der Waals surface area contributed by atoms with Crippen molar-refractivity contribution in [2.75, 3.05) is 19.0 Å². The summed E-state index contributed by atoms with van der Waals surface area (Å²) in [7, 11) is 1.66. The van der Waals surface area contributed by atoms with Crippen LogP contribution in [0.4, 0.5) is 10.5 Å². The van der Waals surface area contributed by atoms with Crippen LogP contribution in [0.1, 0.15) is 18.9 Å². The van der Waals surface area contributed by atoms with E-state index in [2.05, 4.69) is 10.6 Å². The van der Waals surface area contributed by atoms with Crippen molar-refractivity contribution in [1.82, 2.24) is 5.32 Å². The van der Waals surface area contributed by atoms with E-state index in [-0.39, 0.29) is 6.03 Å². The molecule has 2 amide bonds. The summed E-state index contributed by atoms with van der Waals surface area (Å²) in [6.45, 7) is 2.41. The van der Waals surface area contributed by atoms with Crippen molar-refractivity contribution in [3.63, 3.8) is 0 Å². The van der Waals surface area contributed by atoms with Crippen LogP contribution in [-0.2, 0) is 10.3 Å². The largest absolute Gasteiger partial charge is 0.372 e. The fraction of sp³-hybridized carbons (Fsp3) is 0.278. The van der Waals surface area contributed by atoms with E-state index in [1.807, 2.05) is 37.3 Å². The molecule has 4 nitrogen and oxygen atoms in total. The van der Waals surface area contributed by atoms with Gasteiger partial charge in [-0.15, -0.1) is 0 Å². The van der Waals surface area contributed by atoms with Crippen molar-refractivity contribution in [2.45, 2.75) is 18.9 Å². The predicted molar refractivity (Wildman–Crippen MR) is 93.9 cm³/mol. The van der Waals surface area contributed by atoms with Crippen molar-refractivity contribution in [2.24, 2.45) is 0 Å². The van der Waals surface area contributed by atoms with Gasteiger partial charge in [-0.25, -0.2) is 4.79 Å². The Morgan fingerprint density at radius 2 is 1.91 bits per heavy atom. The van der Waals surface area contributed by atoms with Crippen LogP contribution in [0.15, 0.2) is 54.6 Å². The van der Waals surface area contributed by atoms with Crippen molar-refractivity contribution in [3.8, 4) is 0 Å². The van der Waals surface area contributed by atoms with Crippen LogP contribution in [0.3, 0.4) is 0 Å². The van der Waals surface area contributed by atoms with Gasteiger partial charge in [-0.05, 0) is 30.2 Å². The summed E-state index contributed by atoms with van der Waals surface area (Å²) in [5.41, 5.74) is 1.13. The lowest BCUT2D eigenvalue weighted by atomic mass is 9.91. The Bertz CT molecular complexity index is 642. The molecule has 2 N–H and O–H groups in total. The van der Waals surface area contributed by atoms with Gasteiger partial charge < -0.3 is 15.4 Å². The van der Waals surface area contributed by atoms with E-state index in [9.17, 15) is 4.79 Å². The number of hydrogen-bond donors (Lipinski definition) is 2. The maximum atomic E-state index is 12.1. The average Bonchev–Trinajstić information content (AvgIpc) is 2.57. The average molecular weight is 333 g/mol. The molecule has 0 heterocycles. The van der Waals surface area contributed by atoms with Gasteiger partial charge in [0.25, 0.3) is 0 Å². The van der Waals surface area contributed by atoms with Crippen molar-refractivity contribution in [1.29, 1.82) is 0 Å². The monoisotopic (exact) mass is 332 g/mol. The van der Waals surface area contributed by atoms with Crippen LogP contribution in [0.5, 0.6) is 0 Å². The molecule has 1 unspecified atom stereocenters. The second kappa shape index (κ2) is 7.99. The number of anilines is 1. The zero-order valence-corrected chi connectivity index (χ0v) is 14.1. The number of halogens is 1. The second-order valence-electron chi connectivity index (χ2n) is 5.24. The minimum atomic E-state index is -0.549. The highest BCUT2D eigenvalue weighted by molar-refractivity contribution is 6.30. The standard InChI is InChI=1S/C18H21ClN2O2/c1-3-18(23-2,14-8-5-4-6-9-14)13-20-17(22)21-16-11-7-10-15(19)12-16/h4-12H,3,13H2,1-2H3,(H2,20,21,22). The van der Waals surface area contributed by atoms with E-state index < -0.39 is 5.60 Å². The molecule has 0 saturated heterocycles. The van der Waals surface area contributed by atoms with E-state index in [4.69, 9.17) is 16.3 Å². The van der Waals surface area contributed by atoms with Gasteiger partial charge in [-0.1, -0.05) is 54.9 Å². The molecule has 0 aromatic heterocycles. The first-order valence-electron chi connectivity index (χ1n) is 7.51. The molecule has 0 aliphatic carbocycles. The number of hydrogen-bond acceptors (Lipinski definition) is 2. The highest BCUT2D eigenvalue weighted by Gasteiger charge is 2.30. The summed E-state index contributed by atoms with van der Waals surface area (Å²) in [6, 6.07) is 16.6. The van der Waals surface area contributed by atoms with Crippen molar-refractivity contribution in [3.05, 3.63) is 65.2 Å². The number of urea groups is 1. The molecule has 2 aromatic rings. The molecule has 2 aromatic carbocycles. The SMILES string of the molecule is CCC(CNC(=O)Nc1cccc(Cl)c1)(OC)c1ccccc1. The van der Waals surface area contributed by atoms with Gasteiger partial charge in [0.1, 0.15) is 5.60 Å². The third-order valence-electron chi connectivity index (χ3n) is 3.88. The van der Waals surface area contributed by atoms with Crippen LogP contribution >= 0.6 is 11.6 Å². The fourth-order valence-corrected chi connectivity index (χ4v) is 2.66. The normalized spacial score (nSPS) is 13.2. The van der Waals surface area contributed by atoms with Gasteiger partial charge in [0.15, 0.2) is 0 Å². The smallest absolute Gasteiger partial charge is 0.319 e. The Labute approximate surface area is 141 Å². The minimum Gasteiger partial charge on any atom is -0.372 e. The predicted octanol–water partition coefficient (Wildman–Crippen LogP) is 4.41. The van der Waals surface area contributed by atoms with Crippen LogP contribution in [-0.4, -0.2) is 19.7 Å². The summed E-state index contributed by atoms with van der Waals surface area (Å²) in [5, 5.41) is 6.21. The number of rotatable bonds is 6. The third kappa shape index (κ3) is 4.47. The summed E-state index contributed by atoms with van der Waals surface area (Å²) < 4.78 is 5.73. The lowest BCUT2D eigenvalue weighted by Crippen LogP contribution is -2.43. The van der Waals surface area contributed by atoms with Crippen LogP contribution in [0.25, 0.3) is 0 Å².